The molecule has 6 rings (SSSR count). The molecule has 2 aliphatic heterocycles. The van der Waals surface area contributed by atoms with Crippen molar-refractivity contribution in [3.63, 3.8) is 0 Å². The smallest absolute Gasteiger partial charge is 0.180 e. The van der Waals surface area contributed by atoms with Crippen molar-refractivity contribution in [3.8, 4) is 22.7 Å². The third-order valence-electron chi connectivity index (χ3n) is 6.44. The number of rotatable bonds is 3. The SMILES string of the molecule is Oc1cc(-n2ccnc2)ccc1-c1cc2cnn(C3C[C@H]4CCC[C@@H](C3)N4)c2nn1. The zero-order valence-corrected chi connectivity index (χ0v) is 16.5. The molecule has 1 aromatic carbocycles. The number of nitrogens with zero attached hydrogens (tertiary/aromatic N) is 6. The van der Waals surface area contributed by atoms with Crippen LogP contribution in [-0.2, 0) is 0 Å². The van der Waals surface area contributed by atoms with Gasteiger partial charge < -0.3 is 15.0 Å². The number of phenolic OH excluding ortho intramolecular Hbond substituents is 1. The molecule has 1 unspecified atom stereocenters. The minimum absolute atomic E-state index is 0.161. The quantitative estimate of drug-likeness (QED) is 0.547. The van der Waals surface area contributed by atoms with Gasteiger partial charge in [-0.2, -0.15) is 5.10 Å². The van der Waals surface area contributed by atoms with Crippen LogP contribution in [0.2, 0.25) is 0 Å². The minimum atomic E-state index is 0.161. The van der Waals surface area contributed by atoms with E-state index in [-0.39, 0.29) is 5.75 Å². The van der Waals surface area contributed by atoms with Crippen molar-refractivity contribution in [2.24, 2.45) is 0 Å². The maximum Gasteiger partial charge on any atom is 0.180 e. The molecule has 0 radical (unpaired) electrons. The van der Waals surface area contributed by atoms with Gasteiger partial charge in [-0.15, -0.1) is 10.2 Å². The summed E-state index contributed by atoms with van der Waals surface area (Å²) in [5, 5.41) is 28.9. The molecule has 2 saturated heterocycles. The topological polar surface area (TPSA) is 93.7 Å². The van der Waals surface area contributed by atoms with Crippen LogP contribution in [0.5, 0.6) is 5.75 Å². The third kappa shape index (κ3) is 2.95. The number of aromatic nitrogens is 6. The lowest BCUT2D eigenvalue weighted by molar-refractivity contribution is 0.182. The van der Waals surface area contributed by atoms with E-state index >= 15 is 0 Å². The Morgan fingerprint density at radius 1 is 1.07 bits per heavy atom. The molecule has 2 bridgehead atoms. The summed E-state index contributed by atoms with van der Waals surface area (Å²) in [6.45, 7) is 0. The van der Waals surface area contributed by atoms with Crippen molar-refractivity contribution < 1.29 is 5.11 Å². The van der Waals surface area contributed by atoms with Crippen LogP contribution >= 0.6 is 0 Å². The van der Waals surface area contributed by atoms with Crippen molar-refractivity contribution in [3.05, 3.63) is 49.2 Å². The molecule has 0 aliphatic carbocycles. The van der Waals surface area contributed by atoms with Gasteiger partial charge in [-0.25, -0.2) is 9.67 Å². The Hall–Kier alpha value is -3.26. The number of aromatic hydroxyl groups is 1. The van der Waals surface area contributed by atoms with Gasteiger partial charge in [0, 0.05) is 41.5 Å². The first-order valence-electron chi connectivity index (χ1n) is 10.5. The van der Waals surface area contributed by atoms with E-state index in [4.69, 9.17) is 0 Å². The second-order valence-corrected chi connectivity index (χ2v) is 8.39. The number of hydrogen-bond acceptors (Lipinski definition) is 6. The van der Waals surface area contributed by atoms with Gasteiger partial charge in [0.25, 0.3) is 0 Å². The van der Waals surface area contributed by atoms with E-state index in [0.717, 1.165) is 29.6 Å². The third-order valence-corrected chi connectivity index (χ3v) is 6.44. The number of imidazole rings is 1. The first-order valence-corrected chi connectivity index (χ1v) is 10.5. The summed E-state index contributed by atoms with van der Waals surface area (Å²) in [6, 6.07) is 8.99. The Morgan fingerprint density at radius 3 is 2.70 bits per heavy atom. The molecule has 30 heavy (non-hydrogen) atoms. The summed E-state index contributed by atoms with van der Waals surface area (Å²) < 4.78 is 3.90. The molecule has 0 saturated carbocycles. The summed E-state index contributed by atoms with van der Waals surface area (Å²) in [6.07, 6.45) is 13.1. The fourth-order valence-corrected chi connectivity index (χ4v) is 4.99. The van der Waals surface area contributed by atoms with Crippen LogP contribution in [0, 0.1) is 0 Å². The number of benzene rings is 1. The molecule has 2 N–H and O–H groups in total. The van der Waals surface area contributed by atoms with E-state index in [1.807, 2.05) is 35.2 Å². The van der Waals surface area contributed by atoms with Crippen LogP contribution in [0.1, 0.15) is 38.1 Å². The number of nitrogens with one attached hydrogen (secondary N) is 1. The van der Waals surface area contributed by atoms with Gasteiger partial charge in [-0.1, -0.05) is 6.42 Å². The van der Waals surface area contributed by atoms with Crippen LogP contribution < -0.4 is 5.32 Å². The summed E-state index contributed by atoms with van der Waals surface area (Å²) in [5.41, 5.74) is 2.95. The van der Waals surface area contributed by atoms with Crippen molar-refractivity contribution >= 4 is 11.0 Å². The van der Waals surface area contributed by atoms with Crippen LogP contribution in [0.15, 0.2) is 49.2 Å². The van der Waals surface area contributed by atoms with E-state index in [2.05, 4.69) is 30.3 Å². The predicted molar refractivity (Wildman–Crippen MR) is 112 cm³/mol. The molecule has 5 heterocycles. The van der Waals surface area contributed by atoms with E-state index in [9.17, 15) is 5.11 Å². The highest BCUT2D eigenvalue weighted by Gasteiger charge is 2.33. The fourth-order valence-electron chi connectivity index (χ4n) is 4.99. The van der Waals surface area contributed by atoms with Crippen molar-refractivity contribution in [1.82, 2.24) is 34.8 Å². The van der Waals surface area contributed by atoms with Crippen molar-refractivity contribution in [2.45, 2.75) is 50.2 Å². The highest BCUT2D eigenvalue weighted by molar-refractivity contribution is 5.80. The molecule has 2 aliphatic rings. The zero-order chi connectivity index (χ0) is 20.1. The number of piperidine rings is 2. The largest absolute Gasteiger partial charge is 0.507 e. The molecule has 4 aromatic rings. The first-order chi connectivity index (χ1) is 14.7. The molecule has 0 amide bonds. The second kappa shape index (κ2) is 6.91. The molecule has 8 heteroatoms. The summed E-state index contributed by atoms with van der Waals surface area (Å²) >= 11 is 0. The summed E-state index contributed by atoms with van der Waals surface area (Å²) in [5.74, 6) is 0.161. The van der Waals surface area contributed by atoms with Crippen LogP contribution in [-0.4, -0.2) is 46.7 Å². The average Bonchev–Trinajstić information content (AvgIpc) is 3.43. The van der Waals surface area contributed by atoms with Crippen LogP contribution in [0.25, 0.3) is 28.0 Å². The highest BCUT2D eigenvalue weighted by Crippen LogP contribution is 2.35. The fraction of sp³-hybridized carbons (Fsp3) is 0.364. The number of phenols is 1. The maximum absolute atomic E-state index is 10.6. The highest BCUT2D eigenvalue weighted by atomic mass is 16.3. The Labute approximate surface area is 173 Å². The number of fused-ring (bicyclic) bond motifs is 3. The Bertz CT molecular complexity index is 1190. The molecule has 3 aromatic heterocycles. The van der Waals surface area contributed by atoms with Gasteiger partial charge in [0.1, 0.15) is 5.75 Å². The summed E-state index contributed by atoms with van der Waals surface area (Å²) in [4.78, 5) is 4.05. The lowest BCUT2D eigenvalue weighted by Crippen LogP contribution is -2.49. The van der Waals surface area contributed by atoms with Crippen LogP contribution in [0.3, 0.4) is 0 Å². The van der Waals surface area contributed by atoms with E-state index < -0.39 is 0 Å². The Kier molecular flexibility index (Phi) is 4.05. The monoisotopic (exact) mass is 401 g/mol. The zero-order valence-electron chi connectivity index (χ0n) is 16.5. The minimum Gasteiger partial charge on any atom is -0.507 e. The Morgan fingerprint density at radius 2 is 1.93 bits per heavy atom. The van der Waals surface area contributed by atoms with Gasteiger partial charge in [0.2, 0.25) is 0 Å². The Balaban J connectivity index is 1.32. The van der Waals surface area contributed by atoms with Crippen molar-refractivity contribution in [2.75, 3.05) is 0 Å². The van der Waals surface area contributed by atoms with E-state index in [0.29, 0.717) is 29.4 Å². The molecule has 3 atom stereocenters. The lowest BCUT2D eigenvalue weighted by atomic mass is 9.84. The molecular weight excluding hydrogens is 378 g/mol. The van der Waals surface area contributed by atoms with Gasteiger partial charge in [-0.05, 0) is 43.9 Å². The molecule has 2 fully saturated rings. The average molecular weight is 401 g/mol. The second-order valence-electron chi connectivity index (χ2n) is 8.39. The van der Waals surface area contributed by atoms with Gasteiger partial charge in [0.15, 0.2) is 5.65 Å². The molecule has 8 nitrogen and oxygen atoms in total. The van der Waals surface area contributed by atoms with E-state index in [1.165, 1.54) is 19.3 Å². The number of hydrogen-bond donors (Lipinski definition) is 2. The van der Waals surface area contributed by atoms with Crippen LogP contribution in [0.4, 0.5) is 0 Å². The van der Waals surface area contributed by atoms with E-state index in [1.54, 1.807) is 18.6 Å². The maximum atomic E-state index is 10.6. The molecule has 152 valence electrons. The lowest BCUT2D eigenvalue weighted by Gasteiger charge is -2.40. The standard InChI is InChI=1S/C22H23N7O/c30-21-11-17(28-7-6-23-13-28)4-5-19(21)20-8-14-12-24-29(22(14)27-26-20)18-9-15-2-1-3-16(10-18)25-15/h4-8,11-13,15-16,18,25,30H,1-3,9-10H2/t15-,16+,18?. The van der Waals surface area contributed by atoms with Gasteiger partial charge in [-0.3, -0.25) is 0 Å². The van der Waals surface area contributed by atoms with Crippen molar-refractivity contribution in [1.29, 1.82) is 0 Å². The normalized spacial score (nSPS) is 23.7. The summed E-state index contributed by atoms with van der Waals surface area (Å²) in [7, 11) is 0. The van der Waals surface area contributed by atoms with Gasteiger partial charge in [0.05, 0.1) is 29.9 Å². The molecular formula is C22H23N7O. The predicted octanol–water partition coefficient (Wildman–Crippen LogP) is 3.23. The molecule has 0 spiro atoms. The first kappa shape index (κ1) is 17.6. The van der Waals surface area contributed by atoms with Gasteiger partial charge >= 0.3 is 0 Å².